The van der Waals surface area contributed by atoms with Gasteiger partial charge in [-0.2, -0.15) is 0 Å². The number of nitrogens with zero attached hydrogens (tertiary/aromatic N) is 2. The van der Waals surface area contributed by atoms with Gasteiger partial charge in [0.1, 0.15) is 0 Å². The summed E-state index contributed by atoms with van der Waals surface area (Å²) in [5.41, 5.74) is 2.70. The van der Waals surface area contributed by atoms with Crippen LogP contribution in [-0.2, 0) is 0 Å². The smallest absolute Gasteiger partial charge is 0.0602 e. The third-order valence-electron chi connectivity index (χ3n) is 4.78. The van der Waals surface area contributed by atoms with Crippen LogP contribution >= 0.6 is 0 Å². The summed E-state index contributed by atoms with van der Waals surface area (Å²) >= 11 is 0. The summed E-state index contributed by atoms with van der Waals surface area (Å²) in [4.78, 5) is 4.95. The molecule has 0 aliphatic carbocycles. The number of aliphatic hydroxyl groups excluding tert-OH is 1. The van der Waals surface area contributed by atoms with Gasteiger partial charge in [-0.1, -0.05) is 60.7 Å². The van der Waals surface area contributed by atoms with E-state index >= 15 is 0 Å². The van der Waals surface area contributed by atoms with Crippen LogP contribution < -0.4 is 0 Å². The Balaban J connectivity index is 1.85. The largest absolute Gasteiger partial charge is 0.395 e. The van der Waals surface area contributed by atoms with Gasteiger partial charge in [0.15, 0.2) is 0 Å². The van der Waals surface area contributed by atoms with Gasteiger partial charge in [0.25, 0.3) is 0 Å². The topological polar surface area (TPSA) is 26.7 Å². The summed E-state index contributed by atoms with van der Waals surface area (Å²) in [6.45, 7) is 6.33. The van der Waals surface area contributed by atoms with Gasteiger partial charge in [-0.25, -0.2) is 0 Å². The van der Waals surface area contributed by atoms with Crippen molar-refractivity contribution in [2.75, 3.05) is 32.8 Å². The van der Waals surface area contributed by atoms with Crippen LogP contribution in [0.1, 0.15) is 24.1 Å². The molecule has 0 amide bonds. The lowest BCUT2D eigenvalue weighted by molar-refractivity contribution is 0.0533. The van der Waals surface area contributed by atoms with Crippen LogP contribution in [0.25, 0.3) is 0 Å². The molecule has 1 aliphatic heterocycles. The Morgan fingerprint density at radius 2 is 1.52 bits per heavy atom. The van der Waals surface area contributed by atoms with Crippen molar-refractivity contribution in [2.24, 2.45) is 0 Å². The van der Waals surface area contributed by atoms with Crippen molar-refractivity contribution >= 4 is 0 Å². The molecular weight excluding hydrogens is 284 g/mol. The van der Waals surface area contributed by atoms with E-state index in [0.29, 0.717) is 12.1 Å². The van der Waals surface area contributed by atoms with Crippen molar-refractivity contribution in [3.05, 3.63) is 71.8 Å². The van der Waals surface area contributed by atoms with Crippen LogP contribution in [0.3, 0.4) is 0 Å². The lowest BCUT2D eigenvalue weighted by atomic mass is 9.95. The summed E-state index contributed by atoms with van der Waals surface area (Å²) in [6.07, 6.45) is 0. The van der Waals surface area contributed by atoms with Crippen LogP contribution in [0.5, 0.6) is 0 Å². The Hall–Kier alpha value is -1.68. The number of rotatable bonds is 5. The minimum absolute atomic E-state index is 0.241. The molecular formula is C20H26N2O. The number of β-amino-alcohol motifs (C(OH)–C–C–N with tert-alkyl or cyclic N) is 1. The predicted octanol–water partition coefficient (Wildman–Crippen LogP) is 2.77. The first kappa shape index (κ1) is 16.2. The molecule has 2 aromatic carbocycles. The first-order valence-corrected chi connectivity index (χ1v) is 8.48. The molecule has 1 unspecified atom stereocenters. The molecule has 122 valence electrons. The molecule has 3 rings (SSSR count). The van der Waals surface area contributed by atoms with Crippen LogP contribution in [0.15, 0.2) is 60.7 Å². The number of aliphatic hydroxyl groups is 1. The van der Waals surface area contributed by atoms with Crippen molar-refractivity contribution in [3.8, 4) is 0 Å². The van der Waals surface area contributed by atoms with Gasteiger partial charge in [0.05, 0.1) is 12.6 Å². The molecule has 2 aromatic rings. The fourth-order valence-electron chi connectivity index (χ4n) is 3.60. The molecule has 1 atom stereocenters. The van der Waals surface area contributed by atoms with Gasteiger partial charge < -0.3 is 5.11 Å². The molecule has 0 spiro atoms. The minimum Gasteiger partial charge on any atom is -0.395 e. The van der Waals surface area contributed by atoms with Gasteiger partial charge in [-0.05, 0) is 18.1 Å². The third kappa shape index (κ3) is 3.81. The normalized spacial score (nSPS) is 20.0. The monoisotopic (exact) mass is 310 g/mol. The van der Waals surface area contributed by atoms with Crippen molar-refractivity contribution in [1.82, 2.24) is 9.80 Å². The highest BCUT2D eigenvalue weighted by Gasteiger charge is 2.29. The number of hydrogen-bond acceptors (Lipinski definition) is 3. The minimum atomic E-state index is 0.241. The van der Waals surface area contributed by atoms with Gasteiger partial charge in [0.2, 0.25) is 0 Å². The van der Waals surface area contributed by atoms with Gasteiger partial charge in [0, 0.05) is 32.2 Å². The second-order valence-corrected chi connectivity index (χ2v) is 6.33. The van der Waals surface area contributed by atoms with Crippen LogP contribution in [-0.4, -0.2) is 53.7 Å². The Morgan fingerprint density at radius 1 is 0.957 bits per heavy atom. The maximum Gasteiger partial charge on any atom is 0.0602 e. The SMILES string of the molecule is CC1CN(C(c2ccccc2)c2ccccc2)CCN1CCO. The van der Waals surface area contributed by atoms with E-state index < -0.39 is 0 Å². The molecule has 0 radical (unpaired) electrons. The predicted molar refractivity (Wildman–Crippen MR) is 94.4 cm³/mol. The number of benzene rings is 2. The zero-order valence-electron chi connectivity index (χ0n) is 13.8. The lowest BCUT2D eigenvalue weighted by Crippen LogP contribution is -2.53. The molecule has 3 heteroatoms. The summed E-state index contributed by atoms with van der Waals surface area (Å²) in [7, 11) is 0. The molecule has 0 bridgehead atoms. The lowest BCUT2D eigenvalue weighted by Gasteiger charge is -2.43. The van der Waals surface area contributed by atoms with E-state index in [2.05, 4.69) is 77.4 Å². The first-order valence-electron chi connectivity index (χ1n) is 8.48. The Bertz CT molecular complexity index is 548. The van der Waals surface area contributed by atoms with Gasteiger partial charge in [-0.15, -0.1) is 0 Å². The molecule has 0 aromatic heterocycles. The van der Waals surface area contributed by atoms with E-state index in [4.69, 9.17) is 0 Å². The van der Waals surface area contributed by atoms with E-state index in [-0.39, 0.29) is 6.61 Å². The van der Waals surface area contributed by atoms with Gasteiger partial charge >= 0.3 is 0 Å². The van der Waals surface area contributed by atoms with E-state index in [1.54, 1.807) is 0 Å². The first-order chi connectivity index (χ1) is 11.3. The molecule has 1 saturated heterocycles. The summed E-state index contributed by atoms with van der Waals surface area (Å²) < 4.78 is 0. The van der Waals surface area contributed by atoms with Crippen molar-refractivity contribution in [2.45, 2.75) is 19.0 Å². The van der Waals surface area contributed by atoms with E-state index in [9.17, 15) is 5.11 Å². The number of piperazine rings is 1. The molecule has 0 saturated carbocycles. The van der Waals surface area contributed by atoms with Crippen LogP contribution in [0, 0.1) is 0 Å². The Labute approximate surface area is 139 Å². The fourth-order valence-corrected chi connectivity index (χ4v) is 3.60. The van der Waals surface area contributed by atoms with Crippen molar-refractivity contribution in [1.29, 1.82) is 0 Å². The quantitative estimate of drug-likeness (QED) is 0.920. The van der Waals surface area contributed by atoms with Crippen LogP contribution in [0.2, 0.25) is 0 Å². The molecule has 1 aliphatic rings. The molecule has 3 nitrogen and oxygen atoms in total. The average Bonchev–Trinajstić information content (AvgIpc) is 2.60. The highest BCUT2D eigenvalue weighted by Crippen LogP contribution is 2.30. The summed E-state index contributed by atoms with van der Waals surface area (Å²) in [6, 6.07) is 22.3. The maximum absolute atomic E-state index is 9.21. The maximum atomic E-state index is 9.21. The van der Waals surface area contributed by atoms with E-state index in [0.717, 1.165) is 26.2 Å². The summed E-state index contributed by atoms with van der Waals surface area (Å²) in [5, 5.41) is 9.21. The molecule has 1 heterocycles. The highest BCUT2D eigenvalue weighted by atomic mass is 16.3. The van der Waals surface area contributed by atoms with E-state index in [1.807, 2.05) is 0 Å². The molecule has 23 heavy (non-hydrogen) atoms. The third-order valence-corrected chi connectivity index (χ3v) is 4.78. The summed E-state index contributed by atoms with van der Waals surface area (Å²) in [5.74, 6) is 0. The highest BCUT2D eigenvalue weighted by molar-refractivity contribution is 5.32. The Kier molecular flexibility index (Phi) is 5.44. The Morgan fingerprint density at radius 3 is 2.00 bits per heavy atom. The van der Waals surface area contributed by atoms with Gasteiger partial charge in [-0.3, -0.25) is 9.80 Å². The standard InChI is InChI=1S/C20H26N2O/c1-17-16-22(13-12-21(17)14-15-23)20(18-8-4-2-5-9-18)19-10-6-3-7-11-19/h2-11,17,20,23H,12-16H2,1H3. The second kappa shape index (κ2) is 7.73. The van der Waals surface area contributed by atoms with Crippen molar-refractivity contribution < 1.29 is 5.11 Å². The van der Waals surface area contributed by atoms with Crippen molar-refractivity contribution in [3.63, 3.8) is 0 Å². The molecule has 1 fully saturated rings. The average molecular weight is 310 g/mol. The zero-order valence-corrected chi connectivity index (χ0v) is 13.8. The number of hydrogen-bond donors (Lipinski definition) is 1. The second-order valence-electron chi connectivity index (χ2n) is 6.33. The van der Waals surface area contributed by atoms with E-state index in [1.165, 1.54) is 11.1 Å². The fraction of sp³-hybridized carbons (Fsp3) is 0.400. The van der Waals surface area contributed by atoms with Crippen LogP contribution in [0.4, 0.5) is 0 Å². The zero-order chi connectivity index (χ0) is 16.1. The molecule has 1 N–H and O–H groups in total.